The summed E-state index contributed by atoms with van der Waals surface area (Å²) in [6.07, 6.45) is 1.90. The van der Waals surface area contributed by atoms with Crippen LogP contribution in [0, 0.1) is 19.3 Å². The average molecular weight is 307 g/mol. The molecule has 122 valence electrons. The van der Waals surface area contributed by atoms with E-state index >= 15 is 0 Å². The Kier molecular flexibility index (Phi) is 5.37. The van der Waals surface area contributed by atoms with E-state index in [-0.39, 0.29) is 22.4 Å². The molecule has 0 aliphatic carbocycles. The Labute approximate surface area is 130 Å². The van der Waals surface area contributed by atoms with E-state index in [0.717, 1.165) is 31.6 Å². The van der Waals surface area contributed by atoms with Crippen LogP contribution < -0.4 is 16.2 Å². The van der Waals surface area contributed by atoms with Crippen LogP contribution in [-0.2, 0) is 4.74 Å². The van der Waals surface area contributed by atoms with Gasteiger partial charge in [0.2, 0.25) is 0 Å². The second-order valence-corrected chi connectivity index (χ2v) is 6.21. The van der Waals surface area contributed by atoms with Crippen LogP contribution in [0.5, 0.6) is 0 Å². The number of carbonyl (C=O) groups is 1. The number of aromatic nitrogens is 1. The molecule has 0 unspecified atom stereocenters. The van der Waals surface area contributed by atoms with Crippen LogP contribution in [0.3, 0.4) is 0 Å². The van der Waals surface area contributed by atoms with E-state index in [0.29, 0.717) is 18.7 Å². The third kappa shape index (κ3) is 3.75. The lowest BCUT2D eigenvalue weighted by Gasteiger charge is -2.37. The number of rotatable bonds is 5. The summed E-state index contributed by atoms with van der Waals surface area (Å²) in [6.45, 7) is 6.56. The van der Waals surface area contributed by atoms with Gasteiger partial charge in [0.25, 0.3) is 11.5 Å². The molecule has 3 N–H and O–H groups in total. The van der Waals surface area contributed by atoms with Crippen LogP contribution in [0.4, 0.5) is 0 Å². The molecule has 6 heteroatoms. The van der Waals surface area contributed by atoms with Gasteiger partial charge in [0.15, 0.2) is 0 Å². The molecular formula is C16H25N3O3. The number of aryl methyl sites for hydroxylation is 2. The number of H-pyrrole nitrogens is 1. The number of carbonyl (C=O) groups excluding carboxylic acids is 1. The maximum Gasteiger partial charge on any atom is 0.261 e. The molecule has 1 amide bonds. The summed E-state index contributed by atoms with van der Waals surface area (Å²) in [5.41, 5.74) is 1.27. The molecule has 1 saturated heterocycles. The van der Waals surface area contributed by atoms with Crippen molar-refractivity contribution in [3.8, 4) is 0 Å². The topological polar surface area (TPSA) is 83.2 Å². The molecule has 2 heterocycles. The van der Waals surface area contributed by atoms with Crippen molar-refractivity contribution in [2.24, 2.45) is 5.41 Å². The number of hydrogen-bond donors (Lipinski definition) is 3. The number of methoxy groups -OCH3 is 1. The molecule has 0 aromatic carbocycles. The molecule has 1 aromatic rings. The first-order valence-electron chi connectivity index (χ1n) is 7.66. The molecule has 1 aliphatic heterocycles. The summed E-state index contributed by atoms with van der Waals surface area (Å²) in [5.74, 6) is -0.312. The number of amides is 1. The Hall–Kier alpha value is -1.66. The van der Waals surface area contributed by atoms with Gasteiger partial charge >= 0.3 is 0 Å². The summed E-state index contributed by atoms with van der Waals surface area (Å²) < 4.78 is 5.34. The van der Waals surface area contributed by atoms with Crippen molar-refractivity contribution in [2.75, 3.05) is 33.4 Å². The number of aromatic amines is 1. The Morgan fingerprint density at radius 3 is 2.64 bits per heavy atom. The van der Waals surface area contributed by atoms with E-state index in [9.17, 15) is 9.59 Å². The predicted molar refractivity (Wildman–Crippen MR) is 85.3 cm³/mol. The van der Waals surface area contributed by atoms with Gasteiger partial charge in [0, 0.05) is 24.8 Å². The summed E-state index contributed by atoms with van der Waals surface area (Å²) in [4.78, 5) is 27.1. The molecule has 0 spiro atoms. The minimum Gasteiger partial charge on any atom is -0.384 e. The van der Waals surface area contributed by atoms with Gasteiger partial charge in [-0.1, -0.05) is 0 Å². The summed E-state index contributed by atoms with van der Waals surface area (Å²) in [5, 5.41) is 6.25. The first-order chi connectivity index (χ1) is 10.5. The first-order valence-corrected chi connectivity index (χ1v) is 7.66. The van der Waals surface area contributed by atoms with Crippen molar-refractivity contribution < 1.29 is 9.53 Å². The Morgan fingerprint density at radius 2 is 2.05 bits per heavy atom. The van der Waals surface area contributed by atoms with Gasteiger partial charge < -0.3 is 20.4 Å². The smallest absolute Gasteiger partial charge is 0.261 e. The number of hydrogen-bond acceptors (Lipinski definition) is 4. The maximum atomic E-state index is 12.4. The van der Waals surface area contributed by atoms with E-state index < -0.39 is 0 Å². The van der Waals surface area contributed by atoms with E-state index in [4.69, 9.17) is 4.74 Å². The highest BCUT2D eigenvalue weighted by molar-refractivity contribution is 5.95. The molecule has 2 rings (SSSR count). The monoisotopic (exact) mass is 307 g/mol. The highest BCUT2D eigenvalue weighted by Crippen LogP contribution is 2.28. The number of pyridine rings is 1. The third-order valence-electron chi connectivity index (χ3n) is 4.33. The molecule has 1 fully saturated rings. The van der Waals surface area contributed by atoms with Crippen molar-refractivity contribution in [2.45, 2.75) is 26.7 Å². The zero-order valence-corrected chi connectivity index (χ0v) is 13.5. The molecular weight excluding hydrogens is 282 g/mol. The van der Waals surface area contributed by atoms with Crippen molar-refractivity contribution in [3.63, 3.8) is 0 Å². The Balaban J connectivity index is 2.10. The number of piperidine rings is 1. The largest absolute Gasteiger partial charge is 0.384 e. The lowest BCUT2D eigenvalue weighted by molar-refractivity contribution is 0.0511. The molecule has 6 nitrogen and oxygen atoms in total. The van der Waals surface area contributed by atoms with Crippen LogP contribution in [0.25, 0.3) is 0 Å². The molecule has 22 heavy (non-hydrogen) atoms. The lowest BCUT2D eigenvalue weighted by Crippen LogP contribution is -2.47. The van der Waals surface area contributed by atoms with Crippen LogP contribution in [-0.4, -0.2) is 44.2 Å². The zero-order valence-electron chi connectivity index (χ0n) is 13.5. The standard InChI is InChI=1S/C16H25N3O3/c1-11-8-12(2)19-15(21)13(11)14(20)18-9-16(10-22-3)4-6-17-7-5-16/h8,17H,4-7,9-10H2,1-3H3,(H,18,20)(H,19,21). The van der Waals surface area contributed by atoms with Crippen LogP contribution in [0.15, 0.2) is 10.9 Å². The molecule has 1 aliphatic rings. The summed E-state index contributed by atoms with van der Waals surface area (Å²) in [6, 6.07) is 1.81. The summed E-state index contributed by atoms with van der Waals surface area (Å²) in [7, 11) is 1.68. The van der Waals surface area contributed by atoms with Crippen molar-refractivity contribution in [3.05, 3.63) is 33.2 Å². The highest BCUT2D eigenvalue weighted by Gasteiger charge is 2.32. The molecule has 0 saturated carbocycles. The van der Waals surface area contributed by atoms with Gasteiger partial charge in [-0.2, -0.15) is 0 Å². The Bertz CT molecular complexity index is 583. The SMILES string of the molecule is COCC1(CNC(=O)c2c(C)cc(C)[nH]c2=O)CCNCC1. The Morgan fingerprint density at radius 1 is 1.36 bits per heavy atom. The fourth-order valence-corrected chi connectivity index (χ4v) is 3.13. The fourth-order valence-electron chi connectivity index (χ4n) is 3.13. The average Bonchev–Trinajstić information content (AvgIpc) is 2.45. The van der Waals surface area contributed by atoms with Crippen molar-refractivity contribution in [1.82, 2.24) is 15.6 Å². The minimum absolute atomic E-state index is 0.0545. The number of ether oxygens (including phenoxy) is 1. The van der Waals surface area contributed by atoms with Gasteiger partial charge in [0.1, 0.15) is 5.56 Å². The third-order valence-corrected chi connectivity index (χ3v) is 4.33. The van der Waals surface area contributed by atoms with Gasteiger partial charge in [0.05, 0.1) is 6.61 Å². The van der Waals surface area contributed by atoms with E-state index in [1.54, 1.807) is 21.0 Å². The minimum atomic E-state index is -0.332. The normalized spacial score (nSPS) is 17.2. The van der Waals surface area contributed by atoms with E-state index in [1.165, 1.54) is 0 Å². The second-order valence-electron chi connectivity index (χ2n) is 6.21. The van der Waals surface area contributed by atoms with Gasteiger partial charge in [-0.15, -0.1) is 0 Å². The predicted octanol–water partition coefficient (Wildman–Crippen LogP) is 0.738. The maximum absolute atomic E-state index is 12.4. The highest BCUT2D eigenvalue weighted by atomic mass is 16.5. The fraction of sp³-hybridized carbons (Fsp3) is 0.625. The van der Waals surface area contributed by atoms with Crippen LogP contribution in [0.2, 0.25) is 0 Å². The van der Waals surface area contributed by atoms with Gasteiger partial charge in [-0.05, 0) is 51.4 Å². The second kappa shape index (κ2) is 7.07. The first kappa shape index (κ1) is 16.7. The van der Waals surface area contributed by atoms with E-state index in [1.807, 2.05) is 6.07 Å². The quantitative estimate of drug-likeness (QED) is 0.749. The van der Waals surface area contributed by atoms with Crippen molar-refractivity contribution in [1.29, 1.82) is 0 Å². The zero-order chi connectivity index (χ0) is 16.2. The summed E-state index contributed by atoms with van der Waals surface area (Å²) >= 11 is 0. The van der Waals surface area contributed by atoms with Crippen molar-refractivity contribution >= 4 is 5.91 Å². The van der Waals surface area contributed by atoms with E-state index in [2.05, 4.69) is 15.6 Å². The van der Waals surface area contributed by atoms with Crippen LogP contribution >= 0.6 is 0 Å². The molecule has 0 bridgehead atoms. The number of nitrogens with one attached hydrogen (secondary N) is 3. The van der Waals surface area contributed by atoms with Gasteiger partial charge in [-0.3, -0.25) is 9.59 Å². The van der Waals surface area contributed by atoms with Crippen LogP contribution in [0.1, 0.15) is 34.5 Å². The molecule has 1 aromatic heterocycles. The molecule has 0 radical (unpaired) electrons. The lowest BCUT2D eigenvalue weighted by atomic mass is 9.79. The molecule has 0 atom stereocenters. The van der Waals surface area contributed by atoms with Gasteiger partial charge in [-0.25, -0.2) is 0 Å².